The van der Waals surface area contributed by atoms with E-state index < -0.39 is 0 Å². The van der Waals surface area contributed by atoms with Gasteiger partial charge in [-0.1, -0.05) is 24.3 Å². The first-order valence-corrected chi connectivity index (χ1v) is 10.1. The van der Waals surface area contributed by atoms with Crippen LogP contribution in [-0.4, -0.2) is 37.9 Å². The Morgan fingerprint density at radius 2 is 1.16 bits per heavy atom. The second-order valence-corrected chi connectivity index (χ2v) is 7.45. The lowest BCUT2D eigenvalue weighted by Gasteiger charge is -2.01. The fraction of sp³-hybridized carbons (Fsp3) is 0.167. The molecule has 156 valence electrons. The minimum atomic E-state index is 0. The van der Waals surface area contributed by atoms with Crippen LogP contribution in [-0.2, 0) is 0 Å². The average molecular weight is 433 g/mol. The van der Waals surface area contributed by atoms with Crippen LogP contribution in [0.1, 0.15) is 22.6 Å². The number of hydrogen-bond acceptors (Lipinski definition) is 6. The van der Waals surface area contributed by atoms with Gasteiger partial charge in [-0.15, -0.1) is 12.4 Å². The highest BCUT2D eigenvalue weighted by Gasteiger charge is 2.12. The summed E-state index contributed by atoms with van der Waals surface area (Å²) in [5.74, 6) is 3.44. The second kappa shape index (κ2) is 7.96. The van der Waals surface area contributed by atoms with Crippen LogP contribution in [0.25, 0.3) is 34.1 Å². The molecular formula is C24H21ClN4O2. The number of rotatable bonds is 4. The summed E-state index contributed by atoms with van der Waals surface area (Å²) in [5.41, 5.74) is 3.81. The Morgan fingerprint density at radius 1 is 0.677 bits per heavy atom. The van der Waals surface area contributed by atoms with E-state index in [9.17, 15) is 0 Å². The zero-order valence-corrected chi connectivity index (χ0v) is 17.5. The molecular weight excluding hydrogens is 412 g/mol. The summed E-state index contributed by atoms with van der Waals surface area (Å²) < 4.78 is 12.0. The van der Waals surface area contributed by atoms with Crippen LogP contribution in [0.3, 0.4) is 0 Å². The van der Waals surface area contributed by atoms with Crippen molar-refractivity contribution in [1.29, 1.82) is 0 Å². The van der Waals surface area contributed by atoms with Crippen molar-refractivity contribution in [2.24, 2.45) is 9.98 Å². The molecule has 0 spiro atoms. The van der Waals surface area contributed by atoms with Gasteiger partial charge in [0.1, 0.15) is 34.4 Å². The van der Waals surface area contributed by atoms with Crippen LogP contribution < -0.4 is 10.6 Å². The Balaban J connectivity index is 0.00000204. The zero-order valence-electron chi connectivity index (χ0n) is 16.7. The maximum absolute atomic E-state index is 6.02. The van der Waals surface area contributed by atoms with Crippen LogP contribution in [0.15, 0.2) is 67.4 Å². The lowest BCUT2D eigenvalue weighted by molar-refractivity contribution is 0.599. The SMILES string of the molecule is C(=C\c1cc2ccc(C3=NCCN3)cc2o1)/c1cc2ccc(C3=NCCN3)cc2o1.Cl. The molecule has 2 aliphatic rings. The summed E-state index contributed by atoms with van der Waals surface area (Å²) in [6.45, 7) is 3.43. The van der Waals surface area contributed by atoms with Crippen molar-refractivity contribution in [2.45, 2.75) is 0 Å². The Hall–Kier alpha value is -3.51. The van der Waals surface area contributed by atoms with Crippen molar-refractivity contribution in [3.05, 3.63) is 71.2 Å². The van der Waals surface area contributed by atoms with Crippen LogP contribution in [0.2, 0.25) is 0 Å². The van der Waals surface area contributed by atoms with E-state index in [-0.39, 0.29) is 12.4 Å². The van der Waals surface area contributed by atoms with E-state index in [0.717, 1.165) is 82.4 Å². The number of hydrogen-bond donors (Lipinski definition) is 2. The van der Waals surface area contributed by atoms with Gasteiger partial charge in [-0.25, -0.2) is 0 Å². The van der Waals surface area contributed by atoms with E-state index >= 15 is 0 Å². The van der Waals surface area contributed by atoms with Gasteiger partial charge in [0.2, 0.25) is 0 Å². The highest BCUT2D eigenvalue weighted by Crippen LogP contribution is 2.25. The van der Waals surface area contributed by atoms with Crippen molar-refractivity contribution in [3.63, 3.8) is 0 Å². The Labute approximate surface area is 185 Å². The first-order valence-electron chi connectivity index (χ1n) is 10.1. The van der Waals surface area contributed by atoms with Gasteiger partial charge in [0.05, 0.1) is 13.1 Å². The van der Waals surface area contributed by atoms with Gasteiger partial charge in [0, 0.05) is 35.0 Å². The third kappa shape index (κ3) is 3.70. The van der Waals surface area contributed by atoms with Crippen molar-refractivity contribution in [3.8, 4) is 0 Å². The molecule has 0 fully saturated rings. The summed E-state index contributed by atoms with van der Waals surface area (Å²) >= 11 is 0. The molecule has 6 rings (SSSR count). The van der Waals surface area contributed by atoms with Gasteiger partial charge < -0.3 is 19.5 Å². The molecule has 0 amide bonds. The highest BCUT2D eigenvalue weighted by atomic mass is 35.5. The van der Waals surface area contributed by atoms with Crippen LogP contribution >= 0.6 is 12.4 Å². The molecule has 4 heterocycles. The summed E-state index contributed by atoms with van der Waals surface area (Å²) in [6, 6.07) is 16.4. The summed E-state index contributed by atoms with van der Waals surface area (Å²) in [4.78, 5) is 8.95. The minimum Gasteiger partial charge on any atom is -0.457 e. The Kier molecular flexibility index (Phi) is 5.00. The minimum absolute atomic E-state index is 0. The molecule has 7 heteroatoms. The normalized spacial score (nSPS) is 15.7. The third-order valence-electron chi connectivity index (χ3n) is 5.39. The van der Waals surface area contributed by atoms with E-state index in [4.69, 9.17) is 8.83 Å². The maximum atomic E-state index is 6.02. The topological polar surface area (TPSA) is 75.1 Å². The first kappa shape index (κ1) is 19.5. The molecule has 4 aromatic rings. The van der Waals surface area contributed by atoms with E-state index in [1.807, 2.05) is 36.4 Å². The smallest absolute Gasteiger partial charge is 0.135 e. The zero-order chi connectivity index (χ0) is 19.9. The van der Waals surface area contributed by atoms with E-state index in [1.165, 1.54) is 0 Å². The average Bonchev–Trinajstić information content (AvgIpc) is 3.56. The van der Waals surface area contributed by atoms with Crippen LogP contribution in [0.4, 0.5) is 0 Å². The van der Waals surface area contributed by atoms with E-state index in [1.54, 1.807) is 0 Å². The third-order valence-corrected chi connectivity index (χ3v) is 5.39. The summed E-state index contributed by atoms with van der Waals surface area (Å²) in [5, 5.41) is 8.72. The molecule has 0 unspecified atom stereocenters. The second-order valence-electron chi connectivity index (χ2n) is 7.45. The van der Waals surface area contributed by atoms with Crippen molar-refractivity contribution in [2.75, 3.05) is 26.2 Å². The number of aliphatic imine (C=N–C) groups is 2. The molecule has 0 radical (unpaired) electrons. The van der Waals surface area contributed by atoms with Crippen molar-refractivity contribution < 1.29 is 8.83 Å². The lowest BCUT2D eigenvalue weighted by Crippen LogP contribution is -2.19. The molecule has 0 aliphatic carbocycles. The number of halogens is 1. The molecule has 2 aromatic heterocycles. The van der Waals surface area contributed by atoms with Gasteiger partial charge in [0.25, 0.3) is 0 Å². The molecule has 0 atom stereocenters. The molecule has 31 heavy (non-hydrogen) atoms. The molecule has 0 bridgehead atoms. The van der Waals surface area contributed by atoms with Gasteiger partial charge in [-0.05, 0) is 36.4 Å². The Bertz CT molecular complexity index is 1260. The number of benzene rings is 2. The van der Waals surface area contributed by atoms with Gasteiger partial charge in [0.15, 0.2) is 0 Å². The van der Waals surface area contributed by atoms with Crippen LogP contribution in [0.5, 0.6) is 0 Å². The quantitative estimate of drug-likeness (QED) is 0.499. The fourth-order valence-electron chi connectivity index (χ4n) is 3.91. The Morgan fingerprint density at radius 3 is 1.58 bits per heavy atom. The van der Waals surface area contributed by atoms with Gasteiger partial charge >= 0.3 is 0 Å². The molecule has 2 N–H and O–H groups in total. The van der Waals surface area contributed by atoms with Crippen molar-refractivity contribution in [1.82, 2.24) is 10.6 Å². The summed E-state index contributed by atoms with van der Waals surface area (Å²) in [7, 11) is 0. The standard InChI is InChI=1S/C24H20N4O2.ClH/c1-3-17(23-25-7-8-26-23)13-21-15(1)11-19(29-21)5-6-20-12-16-2-4-18(14-22(16)30-20)24-27-9-10-28-24;/h1-6,11-14H,7-10H2,(H,25,26)(H,27,28);1H/b6-5+;. The molecule has 0 saturated carbocycles. The number of nitrogens with one attached hydrogen (secondary N) is 2. The van der Waals surface area contributed by atoms with Crippen LogP contribution in [0, 0.1) is 0 Å². The van der Waals surface area contributed by atoms with Gasteiger partial charge in [-0.2, -0.15) is 0 Å². The largest absolute Gasteiger partial charge is 0.457 e. The summed E-state index contributed by atoms with van der Waals surface area (Å²) in [6.07, 6.45) is 3.87. The molecule has 6 nitrogen and oxygen atoms in total. The predicted octanol–water partition coefficient (Wildman–Crippen LogP) is 4.47. The molecule has 2 aliphatic heterocycles. The first-order chi connectivity index (χ1) is 14.8. The highest BCUT2D eigenvalue weighted by molar-refractivity contribution is 6.03. The predicted molar refractivity (Wildman–Crippen MR) is 127 cm³/mol. The lowest BCUT2D eigenvalue weighted by atomic mass is 10.1. The molecule has 0 saturated heterocycles. The number of amidine groups is 2. The van der Waals surface area contributed by atoms with Gasteiger partial charge in [-0.3, -0.25) is 9.98 Å². The number of furan rings is 2. The van der Waals surface area contributed by atoms with Crippen molar-refractivity contribution >= 4 is 58.2 Å². The maximum Gasteiger partial charge on any atom is 0.135 e. The van der Waals surface area contributed by atoms with E-state index in [0.29, 0.717) is 0 Å². The number of fused-ring (bicyclic) bond motifs is 2. The number of nitrogens with zero attached hydrogens (tertiary/aromatic N) is 2. The monoisotopic (exact) mass is 432 g/mol. The van der Waals surface area contributed by atoms with E-state index in [2.05, 4.69) is 44.9 Å². The fourth-order valence-corrected chi connectivity index (χ4v) is 3.91. The molecule has 2 aromatic carbocycles.